The average Bonchev–Trinajstić information content (AvgIpc) is 2.63. The number of carbonyl (C=O) groups excluding carboxylic acids is 1. The van der Waals surface area contributed by atoms with Gasteiger partial charge in [0.2, 0.25) is 5.91 Å². The van der Waals surface area contributed by atoms with Crippen molar-refractivity contribution in [1.82, 2.24) is 5.32 Å². The Morgan fingerprint density at radius 1 is 1.08 bits per heavy atom. The standard InChI is InChI=1S/C20H22N2O3/c1-24-18-8-7-17(10-13-22-20(23)9-12-21)15-19(18)25-14-11-16-5-3-2-4-6-16/h2-8,15H,9-11,13-14H2,1H3,(H,22,23). The summed E-state index contributed by atoms with van der Waals surface area (Å²) in [4.78, 5) is 11.3. The molecule has 1 amide bonds. The Morgan fingerprint density at radius 2 is 1.88 bits per heavy atom. The molecule has 1 N–H and O–H groups in total. The maximum atomic E-state index is 11.3. The SMILES string of the molecule is COc1ccc(CCNC(=O)CC#N)cc1OCCc1ccccc1. The summed E-state index contributed by atoms with van der Waals surface area (Å²) in [5.74, 6) is 1.12. The highest BCUT2D eigenvalue weighted by Gasteiger charge is 2.07. The topological polar surface area (TPSA) is 71.3 Å². The monoisotopic (exact) mass is 338 g/mol. The van der Waals surface area contributed by atoms with E-state index < -0.39 is 0 Å². The van der Waals surface area contributed by atoms with Gasteiger partial charge in [0.05, 0.1) is 19.8 Å². The lowest BCUT2D eigenvalue weighted by molar-refractivity contribution is -0.120. The minimum Gasteiger partial charge on any atom is -0.493 e. The molecule has 0 heterocycles. The van der Waals surface area contributed by atoms with Crippen LogP contribution < -0.4 is 14.8 Å². The summed E-state index contributed by atoms with van der Waals surface area (Å²) >= 11 is 0. The molecule has 0 bridgehead atoms. The number of nitrogens with one attached hydrogen (secondary N) is 1. The third-order valence-electron chi connectivity index (χ3n) is 3.69. The van der Waals surface area contributed by atoms with Crippen LogP contribution in [0.15, 0.2) is 48.5 Å². The second-order valence-electron chi connectivity index (χ2n) is 5.50. The van der Waals surface area contributed by atoms with Crippen LogP contribution in [0.4, 0.5) is 0 Å². The molecule has 0 aliphatic carbocycles. The van der Waals surface area contributed by atoms with Crippen LogP contribution in [0.3, 0.4) is 0 Å². The molecular weight excluding hydrogens is 316 g/mol. The summed E-state index contributed by atoms with van der Waals surface area (Å²) < 4.78 is 11.2. The summed E-state index contributed by atoms with van der Waals surface area (Å²) in [6, 6.07) is 17.7. The predicted molar refractivity (Wildman–Crippen MR) is 95.6 cm³/mol. The van der Waals surface area contributed by atoms with E-state index in [1.165, 1.54) is 5.56 Å². The summed E-state index contributed by atoms with van der Waals surface area (Å²) in [6.45, 7) is 1.04. The Hall–Kier alpha value is -3.00. The maximum Gasteiger partial charge on any atom is 0.234 e. The molecule has 2 aromatic rings. The van der Waals surface area contributed by atoms with Crippen molar-refractivity contribution in [3.63, 3.8) is 0 Å². The van der Waals surface area contributed by atoms with Gasteiger partial charge in [0.15, 0.2) is 11.5 Å². The van der Waals surface area contributed by atoms with E-state index in [0.717, 1.165) is 12.0 Å². The Labute approximate surface area is 148 Å². The number of hydrogen-bond donors (Lipinski definition) is 1. The molecule has 0 atom stereocenters. The van der Waals surface area contributed by atoms with Crippen molar-refractivity contribution in [3.05, 3.63) is 59.7 Å². The number of amides is 1. The van der Waals surface area contributed by atoms with E-state index in [4.69, 9.17) is 14.7 Å². The quantitative estimate of drug-likeness (QED) is 0.763. The van der Waals surface area contributed by atoms with E-state index in [0.29, 0.717) is 31.1 Å². The van der Waals surface area contributed by atoms with Gasteiger partial charge in [-0.25, -0.2) is 0 Å². The zero-order valence-electron chi connectivity index (χ0n) is 14.3. The molecule has 2 aromatic carbocycles. The van der Waals surface area contributed by atoms with Crippen LogP contribution in [0.5, 0.6) is 11.5 Å². The third-order valence-corrected chi connectivity index (χ3v) is 3.69. The fourth-order valence-corrected chi connectivity index (χ4v) is 2.39. The zero-order chi connectivity index (χ0) is 17.9. The number of nitrogens with zero attached hydrogens (tertiary/aromatic N) is 1. The van der Waals surface area contributed by atoms with Crippen LogP contribution in [-0.2, 0) is 17.6 Å². The first-order valence-corrected chi connectivity index (χ1v) is 8.20. The molecule has 0 saturated carbocycles. The van der Waals surface area contributed by atoms with Gasteiger partial charge in [-0.3, -0.25) is 4.79 Å². The summed E-state index contributed by atoms with van der Waals surface area (Å²) in [5.41, 5.74) is 2.26. The number of carbonyl (C=O) groups is 1. The van der Waals surface area contributed by atoms with E-state index >= 15 is 0 Å². The van der Waals surface area contributed by atoms with Crippen molar-refractivity contribution in [2.24, 2.45) is 0 Å². The van der Waals surface area contributed by atoms with Gasteiger partial charge in [-0.05, 0) is 29.7 Å². The van der Waals surface area contributed by atoms with Crippen molar-refractivity contribution in [2.45, 2.75) is 19.3 Å². The molecule has 0 aliphatic rings. The second-order valence-corrected chi connectivity index (χ2v) is 5.50. The number of nitriles is 1. The minimum atomic E-state index is -0.254. The second kappa shape index (κ2) is 9.99. The van der Waals surface area contributed by atoms with Crippen LogP contribution in [-0.4, -0.2) is 26.2 Å². The average molecular weight is 338 g/mol. The van der Waals surface area contributed by atoms with Crippen molar-refractivity contribution in [2.75, 3.05) is 20.3 Å². The van der Waals surface area contributed by atoms with Crippen molar-refractivity contribution in [3.8, 4) is 17.6 Å². The van der Waals surface area contributed by atoms with Crippen LogP contribution in [0, 0.1) is 11.3 Å². The molecule has 0 aromatic heterocycles. The summed E-state index contributed by atoms with van der Waals surface area (Å²) in [5, 5.41) is 11.2. The Kier molecular flexibility index (Phi) is 7.33. The molecule has 0 aliphatic heterocycles. The Bertz CT molecular complexity index is 723. The first-order chi connectivity index (χ1) is 12.2. The molecular formula is C20H22N2O3. The van der Waals surface area contributed by atoms with E-state index in [-0.39, 0.29) is 12.3 Å². The van der Waals surface area contributed by atoms with Gasteiger partial charge in [-0.15, -0.1) is 0 Å². The van der Waals surface area contributed by atoms with Crippen molar-refractivity contribution < 1.29 is 14.3 Å². The smallest absolute Gasteiger partial charge is 0.234 e. The predicted octanol–water partition coefficient (Wildman–Crippen LogP) is 2.89. The summed E-state index contributed by atoms with van der Waals surface area (Å²) in [6.07, 6.45) is 1.37. The van der Waals surface area contributed by atoms with Gasteiger partial charge in [0, 0.05) is 13.0 Å². The fraction of sp³-hybridized carbons (Fsp3) is 0.300. The number of benzene rings is 2. The molecule has 5 nitrogen and oxygen atoms in total. The summed E-state index contributed by atoms with van der Waals surface area (Å²) in [7, 11) is 1.61. The van der Waals surface area contributed by atoms with Gasteiger partial charge in [0.1, 0.15) is 6.42 Å². The highest BCUT2D eigenvalue weighted by atomic mass is 16.5. The van der Waals surface area contributed by atoms with Gasteiger partial charge in [0.25, 0.3) is 0 Å². The molecule has 0 saturated heterocycles. The van der Waals surface area contributed by atoms with Gasteiger partial charge in [-0.2, -0.15) is 5.26 Å². The minimum absolute atomic E-state index is 0.115. The molecule has 0 spiro atoms. The number of ether oxygens (including phenoxy) is 2. The van der Waals surface area contributed by atoms with Crippen LogP contribution in [0.25, 0.3) is 0 Å². The number of methoxy groups -OCH3 is 1. The highest BCUT2D eigenvalue weighted by molar-refractivity contribution is 5.77. The van der Waals surface area contributed by atoms with Gasteiger partial charge >= 0.3 is 0 Å². The fourth-order valence-electron chi connectivity index (χ4n) is 2.39. The molecule has 0 unspecified atom stereocenters. The van der Waals surface area contributed by atoms with E-state index in [2.05, 4.69) is 17.4 Å². The van der Waals surface area contributed by atoms with E-state index in [1.807, 2.05) is 42.5 Å². The molecule has 0 radical (unpaired) electrons. The Morgan fingerprint density at radius 3 is 2.60 bits per heavy atom. The lowest BCUT2D eigenvalue weighted by Crippen LogP contribution is -2.24. The molecule has 130 valence electrons. The van der Waals surface area contributed by atoms with Gasteiger partial charge in [-0.1, -0.05) is 36.4 Å². The number of rotatable bonds is 9. The first kappa shape index (κ1) is 18.3. The normalized spacial score (nSPS) is 9.92. The largest absolute Gasteiger partial charge is 0.493 e. The third kappa shape index (κ3) is 6.19. The number of hydrogen-bond acceptors (Lipinski definition) is 4. The van der Waals surface area contributed by atoms with Crippen LogP contribution in [0.1, 0.15) is 17.5 Å². The Balaban J connectivity index is 1.90. The lowest BCUT2D eigenvalue weighted by atomic mass is 10.1. The molecule has 25 heavy (non-hydrogen) atoms. The molecule has 2 rings (SSSR count). The van der Waals surface area contributed by atoms with Crippen LogP contribution in [0.2, 0.25) is 0 Å². The van der Waals surface area contributed by atoms with E-state index in [9.17, 15) is 4.79 Å². The van der Waals surface area contributed by atoms with Gasteiger partial charge < -0.3 is 14.8 Å². The zero-order valence-corrected chi connectivity index (χ0v) is 14.3. The highest BCUT2D eigenvalue weighted by Crippen LogP contribution is 2.28. The van der Waals surface area contributed by atoms with Crippen molar-refractivity contribution in [1.29, 1.82) is 5.26 Å². The van der Waals surface area contributed by atoms with E-state index in [1.54, 1.807) is 7.11 Å². The lowest BCUT2D eigenvalue weighted by Gasteiger charge is -2.13. The molecule has 5 heteroatoms. The van der Waals surface area contributed by atoms with Crippen LogP contribution >= 0.6 is 0 Å². The molecule has 0 fully saturated rings. The maximum absolute atomic E-state index is 11.3. The first-order valence-electron chi connectivity index (χ1n) is 8.20. The van der Waals surface area contributed by atoms with Crippen molar-refractivity contribution >= 4 is 5.91 Å².